The summed E-state index contributed by atoms with van der Waals surface area (Å²) in [5, 5.41) is 0. The number of aromatic nitrogens is 3. The minimum Gasteiger partial charge on any atom is -0.293 e. The van der Waals surface area contributed by atoms with Crippen LogP contribution in [-0.4, -0.2) is 14.5 Å². The molecule has 3 heteroatoms. The Morgan fingerprint density at radius 3 is 2.38 bits per heavy atom. The molecule has 0 N–H and O–H groups in total. The first kappa shape index (κ1) is 13.6. The number of hydrogen-bond acceptors (Lipinski definition) is 2. The molecule has 0 unspecified atom stereocenters. The molecule has 0 atom stereocenters. The van der Waals surface area contributed by atoms with Crippen molar-refractivity contribution in [3.63, 3.8) is 0 Å². The lowest BCUT2D eigenvalue weighted by Gasteiger charge is -2.05. The Balaban J connectivity index is 1.53. The fraction of sp³-hybridized carbons (Fsp3) is 0.222. The van der Waals surface area contributed by atoms with Gasteiger partial charge in [-0.1, -0.05) is 30.3 Å². The summed E-state index contributed by atoms with van der Waals surface area (Å²) in [4.78, 5) is 8.92. The van der Waals surface area contributed by atoms with Gasteiger partial charge in [0.1, 0.15) is 0 Å². The predicted octanol–water partition coefficient (Wildman–Crippen LogP) is 3.83. The third-order valence-electron chi connectivity index (χ3n) is 3.53. The predicted molar refractivity (Wildman–Crippen MR) is 84.4 cm³/mol. The number of rotatable bonds is 6. The highest BCUT2D eigenvalue weighted by Gasteiger charge is 2.01. The normalized spacial score (nSPS) is 10.7. The first-order valence-electron chi connectivity index (χ1n) is 7.41. The zero-order valence-electron chi connectivity index (χ0n) is 12.0. The summed E-state index contributed by atoms with van der Waals surface area (Å²) in [7, 11) is 0. The van der Waals surface area contributed by atoms with Crippen molar-refractivity contribution >= 4 is 0 Å². The molecule has 0 amide bonds. The van der Waals surface area contributed by atoms with E-state index in [0.717, 1.165) is 30.9 Å². The Morgan fingerprint density at radius 2 is 1.57 bits per heavy atom. The summed E-state index contributed by atoms with van der Waals surface area (Å²) >= 11 is 0. The fourth-order valence-corrected chi connectivity index (χ4v) is 2.40. The van der Waals surface area contributed by atoms with E-state index in [-0.39, 0.29) is 0 Å². The molecule has 2 aromatic heterocycles. The van der Waals surface area contributed by atoms with Crippen LogP contribution < -0.4 is 0 Å². The fourth-order valence-electron chi connectivity index (χ4n) is 2.40. The standard InChI is InChI=1S/C18H19N3/c1-2-8-16(9-3-1)10-4-5-11-17-12-13-19-18(20-17)21-14-6-7-15-21/h1-3,6-9,12-15H,4-5,10-11H2. The van der Waals surface area contributed by atoms with Crippen molar-refractivity contribution in [2.45, 2.75) is 25.7 Å². The smallest absolute Gasteiger partial charge is 0.233 e. The van der Waals surface area contributed by atoms with Gasteiger partial charge < -0.3 is 0 Å². The Labute approximate surface area is 125 Å². The molecular formula is C18H19N3. The molecule has 106 valence electrons. The van der Waals surface area contributed by atoms with Crippen molar-refractivity contribution in [2.75, 3.05) is 0 Å². The van der Waals surface area contributed by atoms with E-state index < -0.39 is 0 Å². The zero-order valence-corrected chi connectivity index (χ0v) is 12.0. The van der Waals surface area contributed by atoms with Crippen LogP contribution in [0.2, 0.25) is 0 Å². The van der Waals surface area contributed by atoms with Crippen LogP contribution in [0.5, 0.6) is 0 Å². The van der Waals surface area contributed by atoms with E-state index in [1.54, 1.807) is 0 Å². The van der Waals surface area contributed by atoms with Gasteiger partial charge >= 0.3 is 0 Å². The van der Waals surface area contributed by atoms with Crippen molar-refractivity contribution in [3.8, 4) is 5.95 Å². The Bertz CT molecular complexity index is 660. The second-order valence-corrected chi connectivity index (χ2v) is 5.13. The molecule has 3 aromatic rings. The molecule has 0 aliphatic carbocycles. The monoisotopic (exact) mass is 277 g/mol. The average Bonchev–Trinajstić information content (AvgIpc) is 3.07. The number of hydrogen-bond donors (Lipinski definition) is 0. The summed E-state index contributed by atoms with van der Waals surface area (Å²) in [5.74, 6) is 0.751. The van der Waals surface area contributed by atoms with Gasteiger partial charge in [0.15, 0.2) is 0 Å². The maximum Gasteiger partial charge on any atom is 0.233 e. The van der Waals surface area contributed by atoms with E-state index in [9.17, 15) is 0 Å². The maximum absolute atomic E-state index is 4.61. The van der Waals surface area contributed by atoms with Gasteiger partial charge in [-0.3, -0.25) is 4.57 Å². The largest absolute Gasteiger partial charge is 0.293 e. The van der Waals surface area contributed by atoms with Crippen molar-refractivity contribution in [1.29, 1.82) is 0 Å². The van der Waals surface area contributed by atoms with Gasteiger partial charge in [0.05, 0.1) is 0 Å². The van der Waals surface area contributed by atoms with Crippen molar-refractivity contribution in [1.82, 2.24) is 14.5 Å². The second kappa shape index (κ2) is 6.84. The lowest BCUT2D eigenvalue weighted by atomic mass is 10.1. The van der Waals surface area contributed by atoms with Crippen LogP contribution in [0.25, 0.3) is 5.95 Å². The molecule has 0 bridgehead atoms. The third kappa shape index (κ3) is 3.78. The molecular weight excluding hydrogens is 258 g/mol. The minimum absolute atomic E-state index is 0.751. The number of unbranched alkanes of at least 4 members (excludes halogenated alkanes) is 1. The van der Waals surface area contributed by atoms with Crippen LogP contribution in [0.4, 0.5) is 0 Å². The Kier molecular flexibility index (Phi) is 4.42. The van der Waals surface area contributed by atoms with Gasteiger partial charge in [-0.15, -0.1) is 0 Å². The van der Waals surface area contributed by atoms with Crippen LogP contribution in [-0.2, 0) is 12.8 Å². The molecule has 3 rings (SSSR count). The van der Waals surface area contributed by atoms with E-state index in [4.69, 9.17) is 0 Å². The molecule has 0 aliphatic rings. The highest BCUT2D eigenvalue weighted by Crippen LogP contribution is 2.09. The van der Waals surface area contributed by atoms with Crippen LogP contribution in [0.1, 0.15) is 24.1 Å². The summed E-state index contributed by atoms with van der Waals surface area (Å²) in [6.45, 7) is 0. The lowest BCUT2D eigenvalue weighted by Crippen LogP contribution is -2.01. The molecule has 1 aromatic carbocycles. The lowest BCUT2D eigenvalue weighted by molar-refractivity contribution is 0.717. The van der Waals surface area contributed by atoms with Crippen molar-refractivity contribution in [3.05, 3.63) is 78.4 Å². The molecule has 0 fully saturated rings. The number of aryl methyl sites for hydroxylation is 2. The van der Waals surface area contributed by atoms with E-state index in [2.05, 4.69) is 40.3 Å². The second-order valence-electron chi connectivity index (χ2n) is 5.13. The SMILES string of the molecule is c1ccc(CCCCc2ccnc(-n3cccc3)n2)cc1. The van der Waals surface area contributed by atoms with Gasteiger partial charge in [0.25, 0.3) is 0 Å². The van der Waals surface area contributed by atoms with Crippen LogP contribution >= 0.6 is 0 Å². The molecule has 0 saturated carbocycles. The van der Waals surface area contributed by atoms with Gasteiger partial charge in [0, 0.05) is 24.3 Å². The summed E-state index contributed by atoms with van der Waals surface area (Å²) in [5.41, 5.74) is 2.52. The summed E-state index contributed by atoms with van der Waals surface area (Å²) < 4.78 is 1.94. The molecule has 2 heterocycles. The van der Waals surface area contributed by atoms with Crippen LogP contribution in [0.15, 0.2) is 67.1 Å². The number of benzene rings is 1. The van der Waals surface area contributed by atoms with Gasteiger partial charge in [0.2, 0.25) is 5.95 Å². The van der Waals surface area contributed by atoms with E-state index in [1.165, 1.54) is 12.0 Å². The quantitative estimate of drug-likeness (QED) is 0.641. The van der Waals surface area contributed by atoms with Gasteiger partial charge in [-0.05, 0) is 49.4 Å². The maximum atomic E-state index is 4.61. The third-order valence-corrected chi connectivity index (χ3v) is 3.53. The summed E-state index contributed by atoms with van der Waals surface area (Å²) in [6.07, 6.45) is 10.3. The highest BCUT2D eigenvalue weighted by atomic mass is 15.1. The molecule has 0 radical (unpaired) electrons. The first-order chi connectivity index (χ1) is 10.4. The summed E-state index contributed by atoms with van der Waals surface area (Å²) in [6, 6.07) is 16.6. The molecule has 3 nitrogen and oxygen atoms in total. The van der Waals surface area contributed by atoms with Crippen LogP contribution in [0.3, 0.4) is 0 Å². The van der Waals surface area contributed by atoms with Crippen molar-refractivity contribution < 1.29 is 0 Å². The van der Waals surface area contributed by atoms with Crippen molar-refractivity contribution in [2.24, 2.45) is 0 Å². The highest BCUT2D eigenvalue weighted by molar-refractivity contribution is 5.17. The van der Waals surface area contributed by atoms with Gasteiger partial charge in [-0.2, -0.15) is 0 Å². The molecule has 0 spiro atoms. The molecule has 0 aliphatic heterocycles. The Hall–Kier alpha value is -2.42. The Morgan fingerprint density at radius 1 is 0.810 bits per heavy atom. The van der Waals surface area contributed by atoms with E-state index >= 15 is 0 Å². The minimum atomic E-state index is 0.751. The number of nitrogens with zero attached hydrogens (tertiary/aromatic N) is 3. The first-order valence-corrected chi connectivity index (χ1v) is 7.41. The van der Waals surface area contributed by atoms with Gasteiger partial charge in [-0.25, -0.2) is 9.97 Å². The van der Waals surface area contributed by atoms with Crippen LogP contribution in [0, 0.1) is 0 Å². The van der Waals surface area contributed by atoms with E-state index in [0.29, 0.717) is 0 Å². The topological polar surface area (TPSA) is 30.7 Å². The zero-order chi connectivity index (χ0) is 14.3. The molecule has 0 saturated heterocycles. The van der Waals surface area contributed by atoms with E-state index in [1.807, 2.05) is 41.4 Å². The average molecular weight is 277 g/mol. The molecule has 21 heavy (non-hydrogen) atoms.